The van der Waals surface area contributed by atoms with Crippen molar-refractivity contribution in [3.8, 4) is 0 Å². The zero-order valence-electron chi connectivity index (χ0n) is 17.9. The van der Waals surface area contributed by atoms with Crippen LogP contribution in [0, 0.1) is 19.7 Å². The first-order chi connectivity index (χ1) is 15.8. The van der Waals surface area contributed by atoms with E-state index in [9.17, 15) is 4.39 Å². The van der Waals surface area contributed by atoms with Crippen LogP contribution in [0.3, 0.4) is 0 Å². The Hall–Kier alpha value is -2.94. The number of aryl methyl sites for hydroxylation is 1. The Balaban J connectivity index is 1.43. The largest absolute Gasteiger partial charge is 0.330 e. The van der Waals surface area contributed by atoms with Crippen molar-refractivity contribution in [2.45, 2.75) is 26.9 Å². The third-order valence-electron chi connectivity index (χ3n) is 5.17. The predicted octanol–water partition coefficient (Wildman–Crippen LogP) is 6.05. The Morgan fingerprint density at radius 1 is 1.03 bits per heavy atom. The average Bonchev–Trinajstić information content (AvgIpc) is 3.31. The van der Waals surface area contributed by atoms with Gasteiger partial charge in [0.05, 0.1) is 42.0 Å². The van der Waals surface area contributed by atoms with Crippen LogP contribution in [0.1, 0.15) is 22.5 Å². The first-order valence-electron chi connectivity index (χ1n) is 10.1. The smallest absolute Gasteiger partial charge is 0.175 e. The summed E-state index contributed by atoms with van der Waals surface area (Å²) >= 11 is 17.9. The van der Waals surface area contributed by atoms with Crippen molar-refractivity contribution in [1.82, 2.24) is 19.6 Å². The maximum atomic E-state index is 14.2. The zero-order chi connectivity index (χ0) is 23.5. The molecule has 2 aromatic heterocycles. The molecular weight excluding hydrogens is 482 g/mol. The van der Waals surface area contributed by atoms with E-state index in [2.05, 4.69) is 20.8 Å². The monoisotopic (exact) mass is 502 g/mol. The number of nitrogens with zero attached hydrogens (tertiary/aromatic N) is 4. The molecule has 0 radical (unpaired) electrons. The second kappa shape index (κ2) is 9.91. The molecule has 6 nitrogen and oxygen atoms in total. The summed E-state index contributed by atoms with van der Waals surface area (Å²) in [5.41, 5.74) is 4.40. The number of anilines is 2. The summed E-state index contributed by atoms with van der Waals surface area (Å²) in [4.78, 5) is 0. The van der Waals surface area contributed by atoms with Crippen LogP contribution in [-0.4, -0.2) is 24.7 Å². The summed E-state index contributed by atoms with van der Waals surface area (Å²) in [5.74, 6) is -0.365. The number of halogens is 3. The number of benzene rings is 2. The van der Waals surface area contributed by atoms with Crippen LogP contribution in [0.25, 0.3) is 0 Å². The molecule has 0 amide bonds. The van der Waals surface area contributed by atoms with Gasteiger partial charge in [-0.25, -0.2) is 4.39 Å². The van der Waals surface area contributed by atoms with Gasteiger partial charge in [-0.1, -0.05) is 47.5 Å². The van der Waals surface area contributed by atoms with Crippen LogP contribution in [0.2, 0.25) is 10.0 Å². The number of thiocarbonyl (C=S) groups is 1. The molecule has 0 aliphatic heterocycles. The fraction of sp³-hybridized carbons (Fsp3) is 0.174. The molecule has 0 aliphatic carbocycles. The summed E-state index contributed by atoms with van der Waals surface area (Å²) in [7, 11) is 0. The molecule has 10 heteroatoms. The summed E-state index contributed by atoms with van der Waals surface area (Å²) in [6, 6.07) is 12.3. The molecule has 0 saturated carbocycles. The third kappa shape index (κ3) is 5.35. The lowest BCUT2D eigenvalue weighted by atomic mass is 10.2. The molecule has 0 spiro atoms. The highest BCUT2D eigenvalue weighted by Crippen LogP contribution is 2.25. The molecule has 170 valence electrons. The van der Waals surface area contributed by atoms with E-state index in [0.717, 1.165) is 28.3 Å². The number of hydrogen-bond donors (Lipinski definition) is 2. The molecular formula is C23H21Cl2FN6S. The predicted molar refractivity (Wildman–Crippen MR) is 135 cm³/mol. The number of nitrogens with one attached hydrogen (secondary N) is 2. The minimum atomic E-state index is -0.365. The third-order valence-corrected chi connectivity index (χ3v) is 6.10. The second-order valence-corrected chi connectivity index (χ2v) is 8.72. The summed E-state index contributed by atoms with van der Waals surface area (Å²) in [5, 5.41) is 16.6. The zero-order valence-corrected chi connectivity index (χ0v) is 20.3. The van der Waals surface area contributed by atoms with Crippen molar-refractivity contribution in [2.24, 2.45) is 0 Å². The molecule has 33 heavy (non-hydrogen) atoms. The molecule has 2 N–H and O–H groups in total. The van der Waals surface area contributed by atoms with Crippen molar-refractivity contribution in [2.75, 3.05) is 10.6 Å². The van der Waals surface area contributed by atoms with Crippen LogP contribution in [0.4, 0.5) is 15.8 Å². The van der Waals surface area contributed by atoms with Crippen LogP contribution < -0.4 is 10.6 Å². The number of aromatic nitrogens is 4. The Bertz CT molecular complexity index is 1300. The molecule has 2 aromatic carbocycles. The van der Waals surface area contributed by atoms with Gasteiger partial charge in [-0.15, -0.1) is 0 Å². The van der Waals surface area contributed by atoms with Gasteiger partial charge in [0, 0.05) is 21.8 Å². The lowest BCUT2D eigenvalue weighted by Gasteiger charge is -2.11. The van der Waals surface area contributed by atoms with Crippen molar-refractivity contribution < 1.29 is 4.39 Å². The van der Waals surface area contributed by atoms with Gasteiger partial charge in [-0.05, 0) is 49.8 Å². The maximum absolute atomic E-state index is 14.2. The number of hydrogen-bond acceptors (Lipinski definition) is 3. The lowest BCUT2D eigenvalue weighted by molar-refractivity contribution is 0.579. The highest BCUT2D eigenvalue weighted by molar-refractivity contribution is 7.80. The first-order valence-corrected chi connectivity index (χ1v) is 11.3. The Morgan fingerprint density at radius 3 is 2.55 bits per heavy atom. The molecule has 0 saturated heterocycles. The van der Waals surface area contributed by atoms with E-state index in [1.807, 2.05) is 44.3 Å². The number of rotatable bonds is 6. The van der Waals surface area contributed by atoms with E-state index in [4.69, 9.17) is 35.4 Å². The van der Waals surface area contributed by atoms with Crippen molar-refractivity contribution in [3.63, 3.8) is 0 Å². The molecule has 0 unspecified atom stereocenters. The van der Waals surface area contributed by atoms with Crippen LogP contribution >= 0.6 is 35.4 Å². The summed E-state index contributed by atoms with van der Waals surface area (Å²) in [6.45, 7) is 4.51. The maximum Gasteiger partial charge on any atom is 0.175 e. The fourth-order valence-corrected chi connectivity index (χ4v) is 4.09. The van der Waals surface area contributed by atoms with Gasteiger partial charge >= 0.3 is 0 Å². The van der Waals surface area contributed by atoms with Crippen LogP contribution in [0.15, 0.2) is 54.9 Å². The van der Waals surface area contributed by atoms with Crippen molar-refractivity contribution in [1.29, 1.82) is 0 Å². The Morgan fingerprint density at radius 2 is 1.79 bits per heavy atom. The van der Waals surface area contributed by atoms with Gasteiger partial charge in [0.15, 0.2) is 5.11 Å². The molecule has 2 heterocycles. The highest BCUT2D eigenvalue weighted by atomic mass is 35.5. The Kier molecular flexibility index (Phi) is 6.97. The SMILES string of the molecule is Cc1nn(Cc2c(F)cccc2Cl)c(C)c1NC(=S)Nc1cnn(Cc2ccccc2Cl)c1. The van der Waals surface area contributed by atoms with E-state index < -0.39 is 0 Å². The summed E-state index contributed by atoms with van der Waals surface area (Å²) < 4.78 is 17.7. The van der Waals surface area contributed by atoms with Gasteiger partial charge in [-0.3, -0.25) is 9.36 Å². The van der Waals surface area contributed by atoms with E-state index >= 15 is 0 Å². The quantitative estimate of drug-likeness (QED) is 0.314. The molecule has 0 fully saturated rings. The fourth-order valence-electron chi connectivity index (χ4n) is 3.46. The Labute approximate surface area is 206 Å². The van der Waals surface area contributed by atoms with Gasteiger partial charge < -0.3 is 10.6 Å². The normalized spacial score (nSPS) is 10.9. The van der Waals surface area contributed by atoms with Crippen LogP contribution in [0.5, 0.6) is 0 Å². The second-order valence-electron chi connectivity index (χ2n) is 7.50. The molecule has 0 bridgehead atoms. The van der Waals surface area contributed by atoms with E-state index in [-0.39, 0.29) is 12.4 Å². The average molecular weight is 503 g/mol. The van der Waals surface area contributed by atoms with E-state index in [1.165, 1.54) is 6.07 Å². The summed E-state index contributed by atoms with van der Waals surface area (Å²) in [6.07, 6.45) is 3.54. The minimum Gasteiger partial charge on any atom is -0.330 e. The first kappa shape index (κ1) is 23.2. The molecule has 0 aliphatic rings. The molecule has 4 aromatic rings. The highest BCUT2D eigenvalue weighted by Gasteiger charge is 2.16. The van der Waals surface area contributed by atoms with Gasteiger partial charge in [0.2, 0.25) is 0 Å². The van der Waals surface area contributed by atoms with Gasteiger partial charge in [0.1, 0.15) is 5.82 Å². The van der Waals surface area contributed by atoms with Crippen molar-refractivity contribution >= 4 is 51.9 Å². The lowest BCUT2D eigenvalue weighted by Crippen LogP contribution is -2.19. The standard InChI is InChI=1S/C23H21Cl2FN6S/c1-14-22(15(2)32(30-14)13-18-20(25)8-5-9-21(18)26)29-23(33)28-17-10-27-31(12-17)11-16-6-3-4-7-19(16)24/h3-10,12H,11,13H2,1-2H3,(H2,28,29,33). The molecule has 4 rings (SSSR count). The van der Waals surface area contributed by atoms with Gasteiger partial charge in [0.25, 0.3) is 0 Å². The molecule has 0 atom stereocenters. The van der Waals surface area contributed by atoms with Crippen LogP contribution in [-0.2, 0) is 13.1 Å². The van der Waals surface area contributed by atoms with Crippen molar-refractivity contribution in [3.05, 3.63) is 93.2 Å². The van der Waals surface area contributed by atoms with E-state index in [1.54, 1.807) is 27.7 Å². The van der Waals surface area contributed by atoms with E-state index in [0.29, 0.717) is 27.3 Å². The topological polar surface area (TPSA) is 59.7 Å². The minimum absolute atomic E-state index is 0.217. The van der Waals surface area contributed by atoms with Gasteiger partial charge in [-0.2, -0.15) is 10.2 Å².